The third-order valence-corrected chi connectivity index (χ3v) is 12.9. The summed E-state index contributed by atoms with van der Waals surface area (Å²) in [5.41, 5.74) is 17.3. The van der Waals surface area contributed by atoms with Gasteiger partial charge in [0.05, 0.1) is 11.4 Å². The minimum atomic E-state index is -0.258. The Balaban J connectivity index is 0.994. The number of hydrogen-bond donors (Lipinski definition) is 0. The molecule has 0 N–H and O–H groups in total. The van der Waals surface area contributed by atoms with Gasteiger partial charge in [0, 0.05) is 49.7 Å². The molecule has 0 unspecified atom stereocenters. The van der Waals surface area contributed by atoms with Crippen LogP contribution in [0.2, 0.25) is 0 Å². The predicted octanol–water partition coefficient (Wildman–Crippen LogP) is 16.5. The maximum absolute atomic E-state index is 6.63. The molecule has 61 heavy (non-hydrogen) atoms. The van der Waals surface area contributed by atoms with Crippen molar-refractivity contribution in [2.75, 3.05) is 9.80 Å². The van der Waals surface area contributed by atoms with Gasteiger partial charge in [-0.3, -0.25) is 0 Å². The summed E-state index contributed by atoms with van der Waals surface area (Å²) in [7, 11) is 0. The van der Waals surface area contributed by atoms with Crippen LogP contribution in [0.3, 0.4) is 0 Å². The number of nitrogens with zero attached hydrogens (tertiary/aromatic N) is 2. The minimum absolute atomic E-state index is 0.258. The van der Waals surface area contributed by atoms with E-state index >= 15 is 0 Å². The van der Waals surface area contributed by atoms with E-state index in [1.807, 2.05) is 12.1 Å². The fourth-order valence-electron chi connectivity index (χ4n) is 9.79. The normalized spacial score (nSPS) is 13.0. The first-order chi connectivity index (χ1) is 29.8. The zero-order chi connectivity index (χ0) is 41.0. The van der Waals surface area contributed by atoms with Crippen LogP contribution in [0.15, 0.2) is 191 Å². The predicted molar refractivity (Wildman–Crippen MR) is 255 cm³/mol. The van der Waals surface area contributed by atoms with Gasteiger partial charge in [0.2, 0.25) is 0 Å². The van der Waals surface area contributed by atoms with Gasteiger partial charge < -0.3 is 18.6 Å². The smallest absolute Gasteiger partial charge is 0.159 e. The molecule has 0 bridgehead atoms. The third-order valence-electron chi connectivity index (χ3n) is 12.9. The molecule has 1 aliphatic carbocycles. The molecule has 9 aromatic carbocycles. The number of fused-ring (bicyclic) bond motifs is 10. The Morgan fingerprint density at radius 2 is 0.852 bits per heavy atom. The van der Waals surface area contributed by atoms with Crippen LogP contribution in [0.4, 0.5) is 34.1 Å². The molecule has 0 saturated carbocycles. The number of benzene rings is 9. The molecule has 1 aliphatic rings. The summed E-state index contributed by atoms with van der Waals surface area (Å²) >= 11 is 0. The molecular weight excluding hydrogens is 745 g/mol. The van der Waals surface area contributed by atoms with Crippen molar-refractivity contribution < 1.29 is 8.83 Å². The van der Waals surface area contributed by atoms with E-state index < -0.39 is 0 Å². The monoisotopic (exact) mass is 786 g/mol. The minimum Gasteiger partial charge on any atom is -0.454 e. The highest BCUT2D eigenvalue weighted by atomic mass is 16.3. The summed E-state index contributed by atoms with van der Waals surface area (Å²) in [6.07, 6.45) is 0. The summed E-state index contributed by atoms with van der Waals surface area (Å²) in [6.45, 7) is 9.01. The number of para-hydroxylation sites is 4. The lowest BCUT2D eigenvalue weighted by molar-refractivity contribution is 0.661. The van der Waals surface area contributed by atoms with Crippen molar-refractivity contribution in [2.24, 2.45) is 0 Å². The molecule has 0 saturated heterocycles. The van der Waals surface area contributed by atoms with Crippen molar-refractivity contribution in [3.8, 4) is 11.1 Å². The van der Waals surface area contributed by atoms with E-state index in [9.17, 15) is 0 Å². The highest BCUT2D eigenvalue weighted by molar-refractivity contribution is 6.12. The lowest BCUT2D eigenvalue weighted by Gasteiger charge is -2.28. The van der Waals surface area contributed by atoms with Gasteiger partial charge in [0.15, 0.2) is 11.2 Å². The standard InChI is InChI=1S/C57H42N2O2/c1-35-19-24-39(25-20-35)58(51-15-9-13-46-44-11-5-7-17-53(44)60-55(46)51)41-28-23-37-32-48-43-30-29-42(34-50(43)57(3,4)49(48)33-38(37)31-41)59(40-26-21-36(2)22-27-40)52-16-10-14-47-45-12-6-8-18-54(45)61-56(47)52/h5-34H,1-4H3. The number of furan rings is 2. The summed E-state index contributed by atoms with van der Waals surface area (Å²) in [4.78, 5) is 4.69. The lowest BCUT2D eigenvalue weighted by atomic mass is 9.81. The van der Waals surface area contributed by atoms with Gasteiger partial charge in [-0.1, -0.05) is 122 Å². The average Bonchev–Trinajstić information content (AvgIpc) is 3.93. The second kappa shape index (κ2) is 13.2. The molecule has 292 valence electrons. The van der Waals surface area contributed by atoms with Crippen LogP contribution in [-0.2, 0) is 5.41 Å². The summed E-state index contributed by atoms with van der Waals surface area (Å²) < 4.78 is 13.2. The third kappa shape index (κ3) is 5.45. The van der Waals surface area contributed by atoms with E-state index in [4.69, 9.17) is 8.83 Å². The summed E-state index contributed by atoms with van der Waals surface area (Å²) in [5.74, 6) is 0. The first-order valence-electron chi connectivity index (χ1n) is 21.1. The molecule has 4 heteroatoms. The van der Waals surface area contributed by atoms with E-state index in [0.29, 0.717) is 0 Å². The lowest BCUT2D eigenvalue weighted by Crippen LogP contribution is -2.16. The highest BCUT2D eigenvalue weighted by Crippen LogP contribution is 2.53. The first-order valence-corrected chi connectivity index (χ1v) is 21.1. The molecule has 0 fully saturated rings. The van der Waals surface area contributed by atoms with Crippen molar-refractivity contribution in [3.05, 3.63) is 204 Å². The fourth-order valence-corrected chi connectivity index (χ4v) is 9.79. The van der Waals surface area contributed by atoms with Crippen molar-refractivity contribution in [1.82, 2.24) is 0 Å². The van der Waals surface area contributed by atoms with E-state index in [0.717, 1.165) is 78.0 Å². The molecule has 0 radical (unpaired) electrons. The Bertz CT molecular complexity index is 3530. The number of anilines is 6. The van der Waals surface area contributed by atoms with E-state index in [-0.39, 0.29) is 5.41 Å². The van der Waals surface area contributed by atoms with Crippen LogP contribution in [-0.4, -0.2) is 0 Å². The number of aryl methyl sites for hydroxylation is 2. The maximum atomic E-state index is 6.63. The number of hydrogen-bond acceptors (Lipinski definition) is 4. The van der Waals surface area contributed by atoms with Gasteiger partial charge in [0.1, 0.15) is 11.2 Å². The van der Waals surface area contributed by atoms with Crippen molar-refractivity contribution in [2.45, 2.75) is 33.1 Å². The Morgan fingerprint density at radius 1 is 0.377 bits per heavy atom. The Hall–Kier alpha value is -7.56. The molecule has 0 atom stereocenters. The molecule has 0 aliphatic heterocycles. The Morgan fingerprint density at radius 3 is 1.43 bits per heavy atom. The fraction of sp³-hybridized carbons (Fsp3) is 0.0877. The van der Waals surface area contributed by atoms with Gasteiger partial charge >= 0.3 is 0 Å². The first kappa shape index (κ1) is 35.4. The van der Waals surface area contributed by atoms with Crippen LogP contribution in [0.5, 0.6) is 0 Å². The SMILES string of the molecule is Cc1ccc(N(c2ccc3c(c2)C(C)(C)c2cc4cc(N(c5ccc(C)cc5)c5cccc6c5oc5ccccc56)ccc4cc2-3)c2cccc3c2oc2ccccc23)cc1. The van der Waals surface area contributed by atoms with Crippen LogP contribution in [0.1, 0.15) is 36.1 Å². The van der Waals surface area contributed by atoms with Crippen LogP contribution >= 0.6 is 0 Å². The highest BCUT2D eigenvalue weighted by Gasteiger charge is 2.37. The van der Waals surface area contributed by atoms with Crippen LogP contribution in [0, 0.1) is 13.8 Å². The van der Waals surface area contributed by atoms with Crippen molar-refractivity contribution in [1.29, 1.82) is 0 Å². The maximum Gasteiger partial charge on any atom is 0.159 e. The second-order valence-corrected chi connectivity index (χ2v) is 17.1. The van der Waals surface area contributed by atoms with Crippen LogP contribution < -0.4 is 9.80 Å². The van der Waals surface area contributed by atoms with Gasteiger partial charge in [-0.05, 0) is 132 Å². The van der Waals surface area contributed by atoms with E-state index in [1.165, 1.54) is 44.2 Å². The number of rotatable bonds is 6. The second-order valence-electron chi connectivity index (χ2n) is 17.1. The van der Waals surface area contributed by atoms with Crippen molar-refractivity contribution >= 4 is 88.8 Å². The zero-order valence-electron chi connectivity index (χ0n) is 34.5. The molecule has 4 nitrogen and oxygen atoms in total. The molecule has 12 rings (SSSR count). The summed E-state index contributed by atoms with van der Waals surface area (Å²) in [5, 5.41) is 6.87. The van der Waals surface area contributed by atoms with Crippen molar-refractivity contribution in [3.63, 3.8) is 0 Å². The molecule has 0 amide bonds. The average molecular weight is 787 g/mol. The van der Waals surface area contributed by atoms with E-state index in [2.05, 4.69) is 207 Å². The largest absolute Gasteiger partial charge is 0.454 e. The zero-order valence-corrected chi connectivity index (χ0v) is 34.5. The molecule has 0 spiro atoms. The molecule has 2 aromatic heterocycles. The van der Waals surface area contributed by atoms with Gasteiger partial charge in [-0.15, -0.1) is 0 Å². The Kier molecular flexibility index (Phi) is 7.67. The molecule has 2 heterocycles. The van der Waals surface area contributed by atoms with Gasteiger partial charge in [0.25, 0.3) is 0 Å². The summed E-state index contributed by atoms with van der Waals surface area (Å²) in [6, 6.07) is 65.8. The van der Waals surface area contributed by atoms with E-state index in [1.54, 1.807) is 0 Å². The van der Waals surface area contributed by atoms with Crippen LogP contribution in [0.25, 0.3) is 65.8 Å². The topological polar surface area (TPSA) is 32.8 Å². The Labute approximate surface area is 354 Å². The molecular formula is C57H42N2O2. The quantitative estimate of drug-likeness (QED) is 0.168. The van der Waals surface area contributed by atoms with Gasteiger partial charge in [-0.2, -0.15) is 0 Å². The van der Waals surface area contributed by atoms with Gasteiger partial charge in [-0.25, -0.2) is 0 Å². The molecule has 11 aromatic rings.